The van der Waals surface area contributed by atoms with Crippen LogP contribution in [0.2, 0.25) is 10.0 Å². The first-order chi connectivity index (χ1) is 8.56. The van der Waals surface area contributed by atoms with Gasteiger partial charge in [-0.05, 0) is 37.5 Å². The van der Waals surface area contributed by atoms with E-state index in [-0.39, 0.29) is 6.04 Å². The summed E-state index contributed by atoms with van der Waals surface area (Å²) in [6, 6.07) is 6.41. The summed E-state index contributed by atoms with van der Waals surface area (Å²) in [5.41, 5.74) is 1.14. The van der Waals surface area contributed by atoms with Crippen molar-refractivity contribution in [1.82, 2.24) is 5.32 Å². The molecule has 0 spiro atoms. The van der Waals surface area contributed by atoms with E-state index in [9.17, 15) is 4.21 Å². The average Bonchev–Trinajstić information content (AvgIpc) is 2.35. The summed E-state index contributed by atoms with van der Waals surface area (Å²) >= 11 is 11.9. The van der Waals surface area contributed by atoms with Gasteiger partial charge in [0.15, 0.2) is 0 Å². The van der Waals surface area contributed by atoms with Crippen molar-refractivity contribution in [2.75, 3.05) is 11.5 Å². The minimum Gasteiger partial charge on any atom is -0.307 e. The first-order valence-corrected chi connectivity index (χ1v) is 8.36. The van der Waals surface area contributed by atoms with Crippen LogP contribution in [0.4, 0.5) is 0 Å². The monoisotopic (exact) mass is 305 g/mol. The number of hydrogen-bond acceptors (Lipinski definition) is 2. The lowest BCUT2D eigenvalue weighted by Gasteiger charge is -2.26. The molecule has 1 aliphatic heterocycles. The molecule has 2 nitrogen and oxygen atoms in total. The highest BCUT2D eigenvalue weighted by Crippen LogP contribution is 2.26. The molecule has 1 unspecified atom stereocenters. The van der Waals surface area contributed by atoms with E-state index < -0.39 is 10.8 Å². The lowest BCUT2D eigenvalue weighted by Crippen LogP contribution is -2.37. The number of halogens is 2. The van der Waals surface area contributed by atoms with Crippen LogP contribution in [0.3, 0.4) is 0 Å². The molecule has 0 amide bonds. The van der Waals surface area contributed by atoms with E-state index in [4.69, 9.17) is 23.2 Å². The Hall–Kier alpha value is -0.0900. The normalized spacial score (nSPS) is 25.9. The van der Waals surface area contributed by atoms with Crippen molar-refractivity contribution in [3.63, 3.8) is 0 Å². The number of benzene rings is 1. The van der Waals surface area contributed by atoms with Crippen molar-refractivity contribution >= 4 is 34.0 Å². The van der Waals surface area contributed by atoms with Crippen molar-refractivity contribution in [3.05, 3.63) is 33.8 Å². The smallest absolute Gasteiger partial charge is 0.0595 e. The van der Waals surface area contributed by atoms with Gasteiger partial charge in [-0.2, -0.15) is 0 Å². The van der Waals surface area contributed by atoms with Crippen LogP contribution in [-0.4, -0.2) is 21.8 Å². The fourth-order valence-corrected chi connectivity index (χ4v) is 3.80. The molecule has 0 aromatic heterocycles. The van der Waals surface area contributed by atoms with E-state index in [0.717, 1.165) is 29.9 Å². The molecule has 1 fully saturated rings. The van der Waals surface area contributed by atoms with Crippen LogP contribution in [-0.2, 0) is 10.8 Å². The van der Waals surface area contributed by atoms with E-state index in [2.05, 4.69) is 12.2 Å². The molecule has 0 radical (unpaired) electrons. The van der Waals surface area contributed by atoms with Crippen LogP contribution < -0.4 is 5.32 Å². The third-order valence-corrected chi connectivity index (χ3v) is 5.44. The zero-order valence-corrected chi connectivity index (χ0v) is 12.6. The molecule has 1 saturated heterocycles. The van der Waals surface area contributed by atoms with E-state index in [0.29, 0.717) is 16.1 Å². The number of nitrogens with one attached hydrogen (secondary N) is 1. The van der Waals surface area contributed by atoms with Gasteiger partial charge in [0, 0.05) is 34.4 Å². The molecule has 0 aliphatic carbocycles. The first-order valence-electron chi connectivity index (χ1n) is 6.12. The van der Waals surface area contributed by atoms with E-state index in [1.54, 1.807) is 0 Å². The molecule has 0 bridgehead atoms. The number of rotatable bonds is 3. The molecule has 1 aromatic carbocycles. The van der Waals surface area contributed by atoms with Gasteiger partial charge in [0.2, 0.25) is 0 Å². The molecule has 1 atom stereocenters. The Bertz CT molecular complexity index is 443. The summed E-state index contributed by atoms with van der Waals surface area (Å²) in [6.07, 6.45) is 1.97. The fourth-order valence-electron chi connectivity index (χ4n) is 2.19. The summed E-state index contributed by atoms with van der Waals surface area (Å²) in [5.74, 6) is 1.62. The lowest BCUT2D eigenvalue weighted by molar-refractivity contribution is 0.427. The standard InChI is InChI=1S/C13H17Cl2NOS/c1-9(10-2-3-12(14)13(15)8-10)16-11-4-6-18(17)7-5-11/h2-3,8-9,11,16H,4-7H2,1H3. The predicted molar refractivity (Wildman–Crippen MR) is 78.9 cm³/mol. The highest BCUT2D eigenvalue weighted by Gasteiger charge is 2.19. The van der Waals surface area contributed by atoms with E-state index in [1.165, 1.54) is 0 Å². The SMILES string of the molecule is CC(NC1CCS(=O)CC1)c1ccc(Cl)c(Cl)c1. The largest absolute Gasteiger partial charge is 0.307 e. The average molecular weight is 306 g/mol. The van der Waals surface area contributed by atoms with Gasteiger partial charge in [0.25, 0.3) is 0 Å². The van der Waals surface area contributed by atoms with Gasteiger partial charge < -0.3 is 5.32 Å². The maximum Gasteiger partial charge on any atom is 0.0595 e. The van der Waals surface area contributed by atoms with Crippen LogP contribution in [0.5, 0.6) is 0 Å². The predicted octanol–water partition coefficient (Wildman–Crippen LogP) is 3.56. The van der Waals surface area contributed by atoms with Gasteiger partial charge in [-0.25, -0.2) is 0 Å². The van der Waals surface area contributed by atoms with Crippen molar-refractivity contribution in [3.8, 4) is 0 Å². The zero-order chi connectivity index (χ0) is 13.1. The summed E-state index contributed by atoms with van der Waals surface area (Å²) in [5, 5.41) is 4.74. The molecule has 1 N–H and O–H groups in total. The topological polar surface area (TPSA) is 29.1 Å². The van der Waals surface area contributed by atoms with E-state index in [1.807, 2.05) is 18.2 Å². The van der Waals surface area contributed by atoms with Crippen molar-refractivity contribution in [2.24, 2.45) is 0 Å². The minimum absolute atomic E-state index is 0.233. The molecule has 0 saturated carbocycles. The van der Waals surface area contributed by atoms with Crippen LogP contribution in [0.1, 0.15) is 31.4 Å². The van der Waals surface area contributed by atoms with Gasteiger partial charge in [-0.1, -0.05) is 29.3 Å². The fraction of sp³-hybridized carbons (Fsp3) is 0.538. The van der Waals surface area contributed by atoms with Gasteiger partial charge in [-0.3, -0.25) is 4.21 Å². The molecule has 2 rings (SSSR count). The molecule has 18 heavy (non-hydrogen) atoms. The Kier molecular flexibility index (Phi) is 5.07. The van der Waals surface area contributed by atoms with Crippen molar-refractivity contribution in [2.45, 2.75) is 31.8 Å². The van der Waals surface area contributed by atoms with Crippen LogP contribution in [0.15, 0.2) is 18.2 Å². The van der Waals surface area contributed by atoms with Gasteiger partial charge in [0.1, 0.15) is 0 Å². The van der Waals surface area contributed by atoms with E-state index >= 15 is 0 Å². The molecule has 1 aliphatic rings. The Morgan fingerprint density at radius 1 is 1.28 bits per heavy atom. The maximum absolute atomic E-state index is 11.3. The minimum atomic E-state index is -0.606. The number of hydrogen-bond donors (Lipinski definition) is 1. The Morgan fingerprint density at radius 2 is 1.94 bits per heavy atom. The zero-order valence-electron chi connectivity index (χ0n) is 10.3. The maximum atomic E-state index is 11.3. The van der Waals surface area contributed by atoms with Crippen LogP contribution in [0, 0.1) is 0 Å². The Labute approximate surface area is 121 Å². The summed E-state index contributed by atoms with van der Waals surface area (Å²) in [4.78, 5) is 0. The van der Waals surface area contributed by atoms with Gasteiger partial charge >= 0.3 is 0 Å². The highest BCUT2D eigenvalue weighted by molar-refractivity contribution is 7.85. The first kappa shape index (κ1) is 14.3. The molecular formula is C13H17Cl2NOS. The van der Waals surface area contributed by atoms with Crippen LogP contribution >= 0.6 is 23.2 Å². The molecular weight excluding hydrogens is 289 g/mol. The Balaban J connectivity index is 1.96. The quantitative estimate of drug-likeness (QED) is 0.925. The van der Waals surface area contributed by atoms with Crippen molar-refractivity contribution < 1.29 is 4.21 Å². The lowest BCUT2D eigenvalue weighted by atomic mass is 10.1. The van der Waals surface area contributed by atoms with Crippen molar-refractivity contribution in [1.29, 1.82) is 0 Å². The molecule has 5 heteroatoms. The Morgan fingerprint density at radius 3 is 2.56 bits per heavy atom. The second-order valence-electron chi connectivity index (χ2n) is 4.68. The second kappa shape index (κ2) is 6.38. The molecule has 1 aromatic rings. The van der Waals surface area contributed by atoms with Gasteiger partial charge in [0.05, 0.1) is 10.0 Å². The third kappa shape index (κ3) is 3.70. The second-order valence-corrected chi connectivity index (χ2v) is 7.19. The highest BCUT2D eigenvalue weighted by atomic mass is 35.5. The summed E-state index contributed by atoms with van der Waals surface area (Å²) in [6.45, 7) is 2.12. The third-order valence-electron chi connectivity index (χ3n) is 3.32. The summed E-state index contributed by atoms with van der Waals surface area (Å²) < 4.78 is 11.3. The summed E-state index contributed by atoms with van der Waals surface area (Å²) in [7, 11) is -0.606. The molecule has 1 heterocycles. The van der Waals surface area contributed by atoms with Gasteiger partial charge in [-0.15, -0.1) is 0 Å². The van der Waals surface area contributed by atoms with Crippen LogP contribution in [0.25, 0.3) is 0 Å². The molecule has 100 valence electrons.